The fraction of sp³-hybridized carbons (Fsp3) is 0.429. The van der Waals surface area contributed by atoms with Crippen LogP contribution in [0.25, 0.3) is 0 Å². The highest BCUT2D eigenvalue weighted by molar-refractivity contribution is 6.30. The minimum atomic E-state index is -0.0637. The number of amides is 1. The highest BCUT2D eigenvalue weighted by atomic mass is 35.5. The van der Waals surface area contributed by atoms with E-state index < -0.39 is 0 Å². The van der Waals surface area contributed by atoms with Crippen LogP contribution in [0.4, 0.5) is 0 Å². The Balaban J connectivity index is 1.92. The predicted octanol–water partition coefficient (Wildman–Crippen LogP) is 2.70. The third-order valence-electron chi connectivity index (χ3n) is 3.12. The van der Waals surface area contributed by atoms with Crippen LogP contribution in [-0.4, -0.2) is 36.2 Å². The van der Waals surface area contributed by atoms with Gasteiger partial charge in [0.1, 0.15) is 0 Å². The highest BCUT2D eigenvalue weighted by Crippen LogP contribution is 2.19. The fourth-order valence-corrected chi connectivity index (χ4v) is 2.14. The normalized spacial score (nSPS) is 17.8. The minimum absolute atomic E-state index is 0.0637. The Hall–Kier alpha value is -1.55. The maximum Gasteiger partial charge on any atom is 0.222 e. The molecule has 0 fully saturated rings. The zero-order chi connectivity index (χ0) is 13.8. The standard InChI is InChI=1S/C14H17ClN2O2/c1-3-14(18)17(2)9-12-8-13(16-19-12)10-4-6-11(15)7-5-10/h4-7,12H,3,8-9H2,1-2H3. The van der Waals surface area contributed by atoms with Gasteiger partial charge in [0.05, 0.1) is 12.3 Å². The van der Waals surface area contributed by atoms with Gasteiger partial charge in [0.15, 0.2) is 6.10 Å². The number of carbonyl (C=O) groups is 1. The molecule has 19 heavy (non-hydrogen) atoms. The van der Waals surface area contributed by atoms with Crippen LogP contribution >= 0.6 is 11.6 Å². The lowest BCUT2D eigenvalue weighted by atomic mass is 10.0. The summed E-state index contributed by atoms with van der Waals surface area (Å²) in [7, 11) is 1.79. The van der Waals surface area contributed by atoms with Gasteiger partial charge in [-0.15, -0.1) is 0 Å². The molecule has 0 bridgehead atoms. The number of likely N-dealkylation sites (N-methyl/N-ethyl adjacent to an activating group) is 1. The molecule has 1 aromatic carbocycles. The summed E-state index contributed by atoms with van der Waals surface area (Å²) in [5.74, 6) is 0.114. The summed E-state index contributed by atoms with van der Waals surface area (Å²) in [6.07, 6.45) is 1.16. The topological polar surface area (TPSA) is 41.9 Å². The molecule has 0 radical (unpaired) electrons. The molecule has 0 spiro atoms. The van der Waals surface area contributed by atoms with Crippen LogP contribution in [0.5, 0.6) is 0 Å². The molecule has 1 unspecified atom stereocenters. The van der Waals surface area contributed by atoms with Crippen LogP contribution in [0.1, 0.15) is 25.3 Å². The van der Waals surface area contributed by atoms with E-state index in [4.69, 9.17) is 16.4 Å². The van der Waals surface area contributed by atoms with Gasteiger partial charge in [0.25, 0.3) is 0 Å². The van der Waals surface area contributed by atoms with E-state index in [0.717, 1.165) is 11.3 Å². The van der Waals surface area contributed by atoms with Crippen LogP contribution in [0.2, 0.25) is 5.02 Å². The van der Waals surface area contributed by atoms with Crippen molar-refractivity contribution in [3.05, 3.63) is 34.9 Å². The second kappa shape index (κ2) is 6.06. The summed E-state index contributed by atoms with van der Waals surface area (Å²) in [4.78, 5) is 18.6. The first kappa shape index (κ1) is 13.9. The summed E-state index contributed by atoms with van der Waals surface area (Å²) in [5.41, 5.74) is 1.91. The van der Waals surface area contributed by atoms with Crippen molar-refractivity contribution in [3.63, 3.8) is 0 Å². The van der Waals surface area contributed by atoms with Crippen LogP contribution in [0.3, 0.4) is 0 Å². The minimum Gasteiger partial charge on any atom is -0.390 e. The molecule has 1 aliphatic heterocycles. The Labute approximate surface area is 118 Å². The molecule has 0 N–H and O–H groups in total. The SMILES string of the molecule is CCC(=O)N(C)CC1CC(c2ccc(Cl)cc2)=NO1. The van der Waals surface area contributed by atoms with Gasteiger partial charge in [-0.05, 0) is 17.7 Å². The van der Waals surface area contributed by atoms with Gasteiger partial charge in [0.2, 0.25) is 5.91 Å². The number of hydrogen-bond acceptors (Lipinski definition) is 3. The Morgan fingerprint density at radius 2 is 2.16 bits per heavy atom. The van der Waals surface area contributed by atoms with E-state index in [1.165, 1.54) is 0 Å². The molecule has 2 rings (SSSR count). The fourth-order valence-electron chi connectivity index (χ4n) is 2.02. The van der Waals surface area contributed by atoms with E-state index in [1.807, 2.05) is 31.2 Å². The van der Waals surface area contributed by atoms with Gasteiger partial charge in [-0.25, -0.2) is 0 Å². The number of halogens is 1. The molecule has 0 aromatic heterocycles. The molecule has 1 amide bonds. The van der Waals surface area contributed by atoms with Crippen molar-refractivity contribution in [3.8, 4) is 0 Å². The molecule has 1 aliphatic rings. The maximum absolute atomic E-state index is 11.5. The third-order valence-corrected chi connectivity index (χ3v) is 3.37. The smallest absolute Gasteiger partial charge is 0.222 e. The molecule has 0 aliphatic carbocycles. The van der Waals surface area contributed by atoms with Crippen LogP contribution in [0.15, 0.2) is 29.4 Å². The van der Waals surface area contributed by atoms with Crippen molar-refractivity contribution >= 4 is 23.2 Å². The van der Waals surface area contributed by atoms with Crippen LogP contribution < -0.4 is 0 Å². The predicted molar refractivity (Wildman–Crippen MR) is 75.4 cm³/mol. The number of oxime groups is 1. The molecule has 1 atom stereocenters. The van der Waals surface area contributed by atoms with E-state index in [9.17, 15) is 4.79 Å². The Morgan fingerprint density at radius 3 is 2.79 bits per heavy atom. The van der Waals surface area contributed by atoms with Crippen LogP contribution in [0, 0.1) is 0 Å². The van der Waals surface area contributed by atoms with Crippen molar-refractivity contribution in [1.82, 2.24) is 4.90 Å². The van der Waals surface area contributed by atoms with E-state index in [2.05, 4.69) is 5.16 Å². The maximum atomic E-state index is 11.5. The van der Waals surface area contributed by atoms with E-state index in [0.29, 0.717) is 24.4 Å². The quantitative estimate of drug-likeness (QED) is 0.851. The van der Waals surface area contributed by atoms with Crippen molar-refractivity contribution in [2.45, 2.75) is 25.9 Å². The summed E-state index contributed by atoms with van der Waals surface area (Å²) in [5, 5.41) is 4.79. The first-order chi connectivity index (χ1) is 9.10. The lowest BCUT2D eigenvalue weighted by Gasteiger charge is -2.19. The van der Waals surface area contributed by atoms with E-state index >= 15 is 0 Å². The molecule has 0 saturated carbocycles. The van der Waals surface area contributed by atoms with Gasteiger partial charge < -0.3 is 9.74 Å². The Morgan fingerprint density at radius 1 is 1.47 bits per heavy atom. The second-order valence-corrected chi connectivity index (χ2v) is 5.04. The molecule has 102 valence electrons. The Bertz CT molecular complexity index is 485. The molecule has 4 nitrogen and oxygen atoms in total. The van der Waals surface area contributed by atoms with Crippen molar-refractivity contribution in [1.29, 1.82) is 0 Å². The zero-order valence-corrected chi connectivity index (χ0v) is 11.9. The first-order valence-corrected chi connectivity index (χ1v) is 6.70. The Kier molecular flexibility index (Phi) is 4.43. The van der Waals surface area contributed by atoms with Crippen molar-refractivity contribution in [2.75, 3.05) is 13.6 Å². The lowest BCUT2D eigenvalue weighted by molar-refractivity contribution is -0.131. The summed E-state index contributed by atoms with van der Waals surface area (Å²) in [6.45, 7) is 2.41. The van der Waals surface area contributed by atoms with Gasteiger partial charge in [-0.2, -0.15) is 0 Å². The molecular weight excluding hydrogens is 264 g/mol. The lowest BCUT2D eigenvalue weighted by Crippen LogP contribution is -2.34. The molecule has 0 saturated heterocycles. The molecule has 5 heteroatoms. The average molecular weight is 281 g/mol. The zero-order valence-electron chi connectivity index (χ0n) is 11.1. The third kappa shape index (κ3) is 3.47. The molecule has 1 heterocycles. The van der Waals surface area contributed by atoms with Gasteiger partial charge in [-0.1, -0.05) is 35.8 Å². The first-order valence-electron chi connectivity index (χ1n) is 6.32. The van der Waals surface area contributed by atoms with Gasteiger partial charge >= 0.3 is 0 Å². The number of hydrogen-bond donors (Lipinski definition) is 0. The number of rotatable bonds is 4. The average Bonchev–Trinajstić information content (AvgIpc) is 2.87. The number of benzene rings is 1. The molecule has 1 aromatic rings. The van der Waals surface area contributed by atoms with Gasteiger partial charge in [0, 0.05) is 24.9 Å². The van der Waals surface area contributed by atoms with Gasteiger partial charge in [-0.3, -0.25) is 4.79 Å². The second-order valence-electron chi connectivity index (χ2n) is 4.60. The van der Waals surface area contributed by atoms with Crippen molar-refractivity contribution < 1.29 is 9.63 Å². The van der Waals surface area contributed by atoms with Crippen LogP contribution in [-0.2, 0) is 9.63 Å². The largest absolute Gasteiger partial charge is 0.390 e. The van der Waals surface area contributed by atoms with E-state index in [-0.39, 0.29) is 12.0 Å². The van der Waals surface area contributed by atoms with E-state index in [1.54, 1.807) is 11.9 Å². The molecular formula is C14H17ClN2O2. The highest BCUT2D eigenvalue weighted by Gasteiger charge is 2.24. The van der Waals surface area contributed by atoms with Crippen molar-refractivity contribution in [2.24, 2.45) is 5.16 Å². The summed E-state index contributed by atoms with van der Waals surface area (Å²) in [6, 6.07) is 7.51. The summed E-state index contributed by atoms with van der Waals surface area (Å²) < 4.78 is 0. The summed E-state index contributed by atoms with van der Waals surface area (Å²) >= 11 is 5.85. The number of carbonyl (C=O) groups excluding carboxylic acids is 1. The monoisotopic (exact) mass is 280 g/mol. The number of nitrogens with zero attached hydrogens (tertiary/aromatic N) is 2.